The molecule has 0 unspecified atom stereocenters. The smallest absolute Gasteiger partial charge is 0.410 e. The number of benzene rings is 2. The Balaban J connectivity index is 1.54. The molecule has 0 N–H and O–H groups in total. The molecule has 1 fully saturated rings. The van der Waals surface area contributed by atoms with Crippen LogP contribution in [-0.4, -0.2) is 42.8 Å². The molecule has 0 aliphatic carbocycles. The summed E-state index contributed by atoms with van der Waals surface area (Å²) in [5, 5.41) is 0. The zero-order valence-electron chi connectivity index (χ0n) is 16.4. The van der Waals surface area contributed by atoms with Crippen molar-refractivity contribution in [3.8, 4) is 0 Å². The molecule has 1 amide bonds. The first-order valence-corrected chi connectivity index (χ1v) is 9.47. The summed E-state index contributed by atoms with van der Waals surface area (Å²) < 4.78 is 5.46. The van der Waals surface area contributed by atoms with Gasteiger partial charge in [0.2, 0.25) is 0 Å². The van der Waals surface area contributed by atoms with Crippen molar-refractivity contribution in [2.45, 2.75) is 26.4 Å². The van der Waals surface area contributed by atoms with E-state index >= 15 is 0 Å². The maximum atomic E-state index is 12.2. The van der Waals surface area contributed by atoms with Gasteiger partial charge in [0, 0.05) is 31.9 Å². The van der Waals surface area contributed by atoms with E-state index in [1.807, 2.05) is 39.0 Å². The quantitative estimate of drug-likeness (QED) is 0.725. The highest BCUT2D eigenvalue weighted by Crippen LogP contribution is 2.19. The zero-order chi connectivity index (χ0) is 19.3. The number of amides is 1. The van der Waals surface area contributed by atoms with Gasteiger partial charge in [0.1, 0.15) is 5.60 Å². The predicted molar refractivity (Wildman–Crippen MR) is 112 cm³/mol. The Morgan fingerprint density at radius 1 is 0.852 bits per heavy atom. The van der Waals surface area contributed by atoms with Crippen LogP contribution in [0.15, 0.2) is 54.6 Å². The normalized spacial score (nSPS) is 15.2. The van der Waals surface area contributed by atoms with Gasteiger partial charge in [-0.1, -0.05) is 54.6 Å². The van der Waals surface area contributed by atoms with E-state index in [0.717, 1.165) is 13.1 Å². The van der Waals surface area contributed by atoms with Gasteiger partial charge in [-0.25, -0.2) is 4.79 Å². The van der Waals surface area contributed by atoms with E-state index in [9.17, 15) is 4.79 Å². The summed E-state index contributed by atoms with van der Waals surface area (Å²) in [5.74, 6) is 0. The van der Waals surface area contributed by atoms with Gasteiger partial charge in [-0.3, -0.25) is 0 Å². The summed E-state index contributed by atoms with van der Waals surface area (Å²) >= 11 is 0. The third-order valence-electron chi connectivity index (χ3n) is 4.46. The maximum Gasteiger partial charge on any atom is 0.410 e. The van der Waals surface area contributed by atoms with Gasteiger partial charge >= 0.3 is 6.09 Å². The van der Waals surface area contributed by atoms with E-state index in [2.05, 4.69) is 53.5 Å². The monoisotopic (exact) mass is 364 g/mol. The molecule has 27 heavy (non-hydrogen) atoms. The Hall–Kier alpha value is -2.75. The Labute approximate surface area is 162 Å². The Morgan fingerprint density at radius 3 is 1.96 bits per heavy atom. The lowest BCUT2D eigenvalue weighted by molar-refractivity contribution is 0.0240. The molecule has 1 aliphatic rings. The van der Waals surface area contributed by atoms with Crippen LogP contribution in [0, 0.1) is 0 Å². The van der Waals surface area contributed by atoms with E-state index < -0.39 is 5.60 Å². The first-order chi connectivity index (χ1) is 12.9. The van der Waals surface area contributed by atoms with Crippen LogP contribution in [0.4, 0.5) is 10.5 Å². The predicted octanol–water partition coefficient (Wildman–Crippen LogP) is 4.91. The molecule has 4 nitrogen and oxygen atoms in total. The van der Waals surface area contributed by atoms with Crippen LogP contribution in [0.3, 0.4) is 0 Å². The van der Waals surface area contributed by atoms with E-state index in [1.165, 1.54) is 16.8 Å². The fourth-order valence-corrected chi connectivity index (χ4v) is 3.03. The van der Waals surface area contributed by atoms with Crippen molar-refractivity contribution in [1.29, 1.82) is 0 Å². The number of piperazine rings is 1. The summed E-state index contributed by atoms with van der Waals surface area (Å²) in [6, 6.07) is 18.9. The molecule has 3 rings (SSSR count). The Morgan fingerprint density at radius 2 is 1.41 bits per heavy atom. The van der Waals surface area contributed by atoms with Crippen molar-refractivity contribution in [3.63, 3.8) is 0 Å². The SMILES string of the molecule is CC(C)(C)OC(=O)N1CCN(c2ccc(/C=C/c3ccccc3)cc2)CC1. The number of hydrogen-bond donors (Lipinski definition) is 0. The highest BCUT2D eigenvalue weighted by atomic mass is 16.6. The number of carbonyl (C=O) groups is 1. The first kappa shape index (κ1) is 19.0. The molecular formula is C23H28N2O2. The number of anilines is 1. The third kappa shape index (κ3) is 5.61. The number of hydrogen-bond acceptors (Lipinski definition) is 3. The van der Waals surface area contributed by atoms with Crippen molar-refractivity contribution < 1.29 is 9.53 Å². The van der Waals surface area contributed by atoms with Gasteiger partial charge in [0.05, 0.1) is 0 Å². The molecule has 0 saturated carbocycles. The van der Waals surface area contributed by atoms with E-state index in [1.54, 1.807) is 4.90 Å². The molecule has 0 radical (unpaired) electrons. The number of carbonyl (C=O) groups excluding carboxylic acids is 1. The summed E-state index contributed by atoms with van der Waals surface area (Å²) in [4.78, 5) is 16.3. The molecule has 0 spiro atoms. The number of ether oxygens (including phenoxy) is 1. The molecule has 2 aromatic rings. The van der Waals surface area contributed by atoms with Crippen molar-refractivity contribution in [2.75, 3.05) is 31.1 Å². The fraction of sp³-hybridized carbons (Fsp3) is 0.348. The van der Waals surface area contributed by atoms with Gasteiger partial charge in [-0.2, -0.15) is 0 Å². The molecule has 1 saturated heterocycles. The minimum absolute atomic E-state index is 0.219. The molecule has 2 aromatic carbocycles. The average Bonchev–Trinajstić information content (AvgIpc) is 2.66. The molecule has 1 heterocycles. The summed E-state index contributed by atoms with van der Waals surface area (Å²) in [5.41, 5.74) is 3.11. The second-order valence-electron chi connectivity index (χ2n) is 7.79. The second kappa shape index (κ2) is 8.30. The van der Waals surface area contributed by atoms with Gasteiger partial charge in [0.25, 0.3) is 0 Å². The van der Waals surface area contributed by atoms with Crippen LogP contribution in [0.1, 0.15) is 31.9 Å². The second-order valence-corrected chi connectivity index (χ2v) is 7.79. The molecule has 0 aromatic heterocycles. The molecule has 0 bridgehead atoms. The van der Waals surface area contributed by atoms with Crippen LogP contribution in [0.5, 0.6) is 0 Å². The van der Waals surface area contributed by atoms with Crippen molar-refractivity contribution >= 4 is 23.9 Å². The standard InChI is InChI=1S/C23H28N2O2/c1-23(2,3)27-22(26)25-17-15-24(16-18-25)21-13-11-20(12-14-21)10-9-19-7-5-4-6-8-19/h4-14H,15-18H2,1-3H3/b10-9+. The first-order valence-electron chi connectivity index (χ1n) is 9.47. The van der Waals surface area contributed by atoms with Crippen LogP contribution < -0.4 is 4.90 Å². The molecular weight excluding hydrogens is 336 g/mol. The highest BCUT2D eigenvalue weighted by Gasteiger charge is 2.25. The maximum absolute atomic E-state index is 12.2. The highest BCUT2D eigenvalue weighted by molar-refractivity contribution is 5.71. The lowest BCUT2D eigenvalue weighted by Gasteiger charge is -2.36. The van der Waals surface area contributed by atoms with Crippen molar-refractivity contribution in [1.82, 2.24) is 4.90 Å². The van der Waals surface area contributed by atoms with E-state index in [4.69, 9.17) is 4.74 Å². The number of rotatable bonds is 3. The van der Waals surface area contributed by atoms with E-state index in [-0.39, 0.29) is 6.09 Å². The lowest BCUT2D eigenvalue weighted by Crippen LogP contribution is -2.50. The number of nitrogens with zero attached hydrogens (tertiary/aromatic N) is 2. The van der Waals surface area contributed by atoms with Crippen molar-refractivity contribution in [3.05, 3.63) is 65.7 Å². The summed E-state index contributed by atoms with van der Waals surface area (Å²) in [6.45, 7) is 8.70. The van der Waals surface area contributed by atoms with E-state index in [0.29, 0.717) is 13.1 Å². The molecule has 1 aliphatic heterocycles. The van der Waals surface area contributed by atoms with Gasteiger partial charge < -0.3 is 14.5 Å². The largest absolute Gasteiger partial charge is 0.444 e. The summed E-state index contributed by atoms with van der Waals surface area (Å²) in [7, 11) is 0. The van der Waals surface area contributed by atoms with Crippen LogP contribution in [0.25, 0.3) is 12.2 Å². The average molecular weight is 364 g/mol. The zero-order valence-corrected chi connectivity index (χ0v) is 16.4. The Kier molecular flexibility index (Phi) is 5.84. The lowest BCUT2D eigenvalue weighted by atomic mass is 10.1. The Bertz CT molecular complexity index is 768. The summed E-state index contributed by atoms with van der Waals surface area (Å²) in [6.07, 6.45) is 4.03. The molecule has 142 valence electrons. The van der Waals surface area contributed by atoms with Crippen LogP contribution >= 0.6 is 0 Å². The third-order valence-corrected chi connectivity index (χ3v) is 4.46. The minimum atomic E-state index is -0.447. The van der Waals surface area contributed by atoms with Crippen LogP contribution in [-0.2, 0) is 4.74 Å². The minimum Gasteiger partial charge on any atom is -0.444 e. The topological polar surface area (TPSA) is 32.8 Å². The van der Waals surface area contributed by atoms with Gasteiger partial charge in [0.15, 0.2) is 0 Å². The molecule has 0 atom stereocenters. The van der Waals surface area contributed by atoms with Crippen LogP contribution in [0.2, 0.25) is 0 Å². The van der Waals surface area contributed by atoms with Gasteiger partial charge in [-0.15, -0.1) is 0 Å². The molecule has 4 heteroatoms. The fourth-order valence-electron chi connectivity index (χ4n) is 3.03. The van der Waals surface area contributed by atoms with Gasteiger partial charge in [-0.05, 0) is 44.0 Å². The van der Waals surface area contributed by atoms with Crippen molar-refractivity contribution in [2.24, 2.45) is 0 Å².